The van der Waals surface area contributed by atoms with Crippen LogP contribution in [-0.2, 0) is 5.41 Å². The first-order valence-electron chi connectivity index (χ1n) is 16.0. The van der Waals surface area contributed by atoms with Crippen LogP contribution >= 0.6 is 0 Å². The minimum absolute atomic E-state index is 0.411. The molecule has 0 fully saturated rings. The Morgan fingerprint density at radius 3 is 1.72 bits per heavy atom. The molecule has 0 bridgehead atoms. The van der Waals surface area contributed by atoms with Gasteiger partial charge in [0.2, 0.25) is 0 Å². The summed E-state index contributed by atoms with van der Waals surface area (Å²) in [6, 6.07) is 58.3. The van der Waals surface area contributed by atoms with Crippen LogP contribution < -0.4 is 4.74 Å². The summed E-state index contributed by atoms with van der Waals surface area (Å²) < 4.78 is 6.80. The van der Waals surface area contributed by atoms with Crippen molar-refractivity contribution in [2.45, 2.75) is 5.41 Å². The lowest BCUT2D eigenvalue weighted by Gasteiger charge is -2.31. The smallest absolute Gasteiger partial charge is 0.143 e. The van der Waals surface area contributed by atoms with Gasteiger partial charge in [0, 0.05) is 16.5 Å². The van der Waals surface area contributed by atoms with Gasteiger partial charge in [-0.25, -0.2) is 0 Å². The number of hydrogen-bond acceptors (Lipinski definition) is 1. The predicted molar refractivity (Wildman–Crippen MR) is 189 cm³/mol. The Kier molecular flexibility index (Phi) is 4.57. The zero-order valence-corrected chi connectivity index (χ0v) is 24.9. The molecule has 46 heavy (non-hydrogen) atoms. The highest BCUT2D eigenvalue weighted by molar-refractivity contribution is 6.06. The largest absolute Gasteiger partial charge is 0.455 e. The van der Waals surface area contributed by atoms with E-state index in [1.807, 2.05) is 0 Å². The monoisotopic (exact) mass is 582 g/mol. The molecule has 0 aromatic heterocycles. The lowest BCUT2D eigenvalue weighted by atomic mass is 9.70. The SMILES string of the molecule is c1ccc2c(c1)-c1ccccc1C21c2cc(-c3cccc4c3Oc3cccc5cccc-4c35)ccc2-c2cc3ccccc3cc21. The fraction of sp³-hybridized carbons (Fsp3) is 0.0222. The lowest BCUT2D eigenvalue weighted by molar-refractivity contribution is 0.489. The fourth-order valence-electron chi connectivity index (χ4n) is 8.80. The molecule has 3 aliphatic rings. The van der Waals surface area contributed by atoms with Crippen LogP contribution in [0.5, 0.6) is 11.5 Å². The molecule has 0 saturated carbocycles. The van der Waals surface area contributed by atoms with Gasteiger partial charge in [-0.05, 0) is 96.1 Å². The van der Waals surface area contributed by atoms with Gasteiger partial charge in [0.25, 0.3) is 0 Å². The van der Waals surface area contributed by atoms with Crippen molar-refractivity contribution in [3.8, 4) is 56.0 Å². The first kappa shape index (κ1) is 24.4. The molecule has 1 heterocycles. The Bertz CT molecular complexity index is 2570. The van der Waals surface area contributed by atoms with Crippen LogP contribution in [0.4, 0.5) is 0 Å². The van der Waals surface area contributed by atoms with Crippen LogP contribution in [0.25, 0.3) is 66.1 Å². The summed E-state index contributed by atoms with van der Waals surface area (Å²) in [6.07, 6.45) is 0. The molecule has 8 aromatic rings. The van der Waals surface area contributed by atoms with Gasteiger partial charge in [0.15, 0.2) is 0 Å². The van der Waals surface area contributed by atoms with Gasteiger partial charge in [-0.1, -0.05) is 133 Å². The highest BCUT2D eigenvalue weighted by Crippen LogP contribution is 2.64. The average molecular weight is 583 g/mol. The van der Waals surface area contributed by atoms with Gasteiger partial charge >= 0.3 is 0 Å². The van der Waals surface area contributed by atoms with Crippen molar-refractivity contribution in [1.82, 2.24) is 0 Å². The van der Waals surface area contributed by atoms with Crippen LogP contribution in [0.15, 0.2) is 158 Å². The maximum Gasteiger partial charge on any atom is 0.143 e. The Morgan fingerprint density at radius 2 is 0.913 bits per heavy atom. The third kappa shape index (κ3) is 2.91. The van der Waals surface area contributed by atoms with E-state index in [4.69, 9.17) is 4.74 Å². The second-order valence-electron chi connectivity index (χ2n) is 12.8. The molecule has 1 spiro atoms. The Labute approximate surface area is 267 Å². The highest BCUT2D eigenvalue weighted by atomic mass is 16.5. The zero-order valence-electron chi connectivity index (χ0n) is 24.9. The Hall–Kier alpha value is -5.92. The number of fused-ring (bicyclic) bond motifs is 13. The topological polar surface area (TPSA) is 9.23 Å². The van der Waals surface area contributed by atoms with E-state index >= 15 is 0 Å². The Morgan fingerprint density at radius 1 is 0.348 bits per heavy atom. The molecule has 212 valence electrons. The number of ether oxygens (including phenoxy) is 1. The summed E-state index contributed by atoms with van der Waals surface area (Å²) >= 11 is 0. The highest BCUT2D eigenvalue weighted by Gasteiger charge is 2.51. The molecular weight excluding hydrogens is 556 g/mol. The molecule has 2 aliphatic carbocycles. The van der Waals surface area contributed by atoms with E-state index in [0.29, 0.717) is 0 Å². The molecule has 1 aliphatic heterocycles. The second-order valence-corrected chi connectivity index (χ2v) is 12.8. The van der Waals surface area contributed by atoms with Gasteiger partial charge < -0.3 is 4.74 Å². The molecule has 8 aromatic carbocycles. The standard InChI is InChI=1S/C45H26O/c1-2-11-29-25-41-37(24-28(29)10-1)34-23-22-30(26-40(34)45(41)38-19-5-3-14-32(38)33-15-4-6-20-39(33)45)31-16-9-18-36-35-17-7-12-27-13-8-21-42(43(27)35)46-44(31)36/h1-26H. The van der Waals surface area contributed by atoms with Crippen LogP contribution in [-0.4, -0.2) is 0 Å². The molecule has 1 heteroatoms. The number of para-hydroxylation sites is 1. The van der Waals surface area contributed by atoms with Crippen molar-refractivity contribution in [3.63, 3.8) is 0 Å². The van der Waals surface area contributed by atoms with E-state index in [1.54, 1.807) is 0 Å². The number of hydrogen-bond donors (Lipinski definition) is 0. The van der Waals surface area contributed by atoms with Crippen molar-refractivity contribution >= 4 is 21.5 Å². The Balaban J connectivity index is 1.22. The zero-order chi connectivity index (χ0) is 30.0. The lowest BCUT2D eigenvalue weighted by Crippen LogP contribution is -2.25. The van der Waals surface area contributed by atoms with Gasteiger partial charge in [0.1, 0.15) is 11.5 Å². The third-order valence-corrected chi connectivity index (χ3v) is 10.7. The molecule has 0 N–H and O–H groups in total. The van der Waals surface area contributed by atoms with Gasteiger partial charge in [0.05, 0.1) is 5.41 Å². The molecule has 0 amide bonds. The van der Waals surface area contributed by atoms with Crippen LogP contribution in [0.2, 0.25) is 0 Å². The summed E-state index contributed by atoms with van der Waals surface area (Å²) in [5.74, 6) is 1.85. The molecule has 11 rings (SSSR count). The maximum absolute atomic E-state index is 6.80. The predicted octanol–water partition coefficient (Wildman–Crippen LogP) is 11.8. The first-order valence-corrected chi connectivity index (χ1v) is 16.0. The molecule has 0 atom stereocenters. The van der Waals surface area contributed by atoms with E-state index in [0.717, 1.165) is 22.6 Å². The van der Waals surface area contributed by atoms with Gasteiger partial charge in [-0.3, -0.25) is 0 Å². The summed E-state index contributed by atoms with van der Waals surface area (Å²) in [5, 5.41) is 4.93. The number of rotatable bonds is 1. The third-order valence-electron chi connectivity index (χ3n) is 10.7. The molecular formula is C45H26O. The van der Waals surface area contributed by atoms with Crippen molar-refractivity contribution in [3.05, 3.63) is 180 Å². The molecule has 1 nitrogen and oxygen atoms in total. The van der Waals surface area contributed by atoms with E-state index < -0.39 is 5.41 Å². The fourth-order valence-corrected chi connectivity index (χ4v) is 8.80. The van der Waals surface area contributed by atoms with Crippen molar-refractivity contribution in [1.29, 1.82) is 0 Å². The average Bonchev–Trinajstić information content (AvgIpc) is 3.57. The summed E-state index contributed by atoms with van der Waals surface area (Å²) in [6.45, 7) is 0. The van der Waals surface area contributed by atoms with Gasteiger partial charge in [-0.2, -0.15) is 0 Å². The minimum Gasteiger partial charge on any atom is -0.455 e. The van der Waals surface area contributed by atoms with E-state index in [1.165, 1.54) is 77.2 Å². The number of benzene rings is 8. The van der Waals surface area contributed by atoms with Crippen LogP contribution in [0, 0.1) is 0 Å². The summed E-state index contributed by atoms with van der Waals surface area (Å²) in [4.78, 5) is 0. The molecule has 0 radical (unpaired) electrons. The minimum atomic E-state index is -0.411. The molecule has 0 saturated heterocycles. The summed E-state index contributed by atoms with van der Waals surface area (Å²) in [5.41, 5.74) is 14.9. The van der Waals surface area contributed by atoms with Crippen LogP contribution in [0.3, 0.4) is 0 Å². The van der Waals surface area contributed by atoms with Crippen molar-refractivity contribution in [2.75, 3.05) is 0 Å². The normalized spacial score (nSPS) is 14.0. The summed E-state index contributed by atoms with van der Waals surface area (Å²) in [7, 11) is 0. The van der Waals surface area contributed by atoms with E-state index in [9.17, 15) is 0 Å². The van der Waals surface area contributed by atoms with Crippen molar-refractivity contribution in [2.24, 2.45) is 0 Å². The molecule has 0 unspecified atom stereocenters. The van der Waals surface area contributed by atoms with E-state index in [-0.39, 0.29) is 0 Å². The van der Waals surface area contributed by atoms with Crippen molar-refractivity contribution < 1.29 is 4.74 Å². The second kappa shape index (κ2) is 8.62. The quantitative estimate of drug-likeness (QED) is 0.187. The van der Waals surface area contributed by atoms with E-state index in [2.05, 4.69) is 158 Å². The first-order chi connectivity index (χ1) is 22.8. The van der Waals surface area contributed by atoms with Crippen LogP contribution in [0.1, 0.15) is 22.3 Å². The maximum atomic E-state index is 6.80. The van der Waals surface area contributed by atoms with Gasteiger partial charge in [-0.15, -0.1) is 0 Å².